The van der Waals surface area contributed by atoms with Crippen molar-refractivity contribution in [3.63, 3.8) is 0 Å². The molecule has 1 aliphatic rings. The topological polar surface area (TPSA) is 81.1 Å². The number of hydrogen-bond donors (Lipinski definition) is 1. The van der Waals surface area contributed by atoms with Gasteiger partial charge in [-0.2, -0.15) is 4.98 Å². The Hall–Kier alpha value is -2.80. The van der Waals surface area contributed by atoms with E-state index in [4.69, 9.17) is 10.3 Å². The van der Waals surface area contributed by atoms with E-state index in [0.29, 0.717) is 18.3 Å². The third kappa shape index (κ3) is 3.83. The van der Waals surface area contributed by atoms with Gasteiger partial charge in [-0.25, -0.2) is 9.37 Å². The zero-order chi connectivity index (χ0) is 18.6. The molecular weight excluding hydrogens is 345 g/mol. The average molecular weight is 367 g/mol. The number of rotatable bonds is 5. The molecule has 0 amide bonds. The highest BCUT2D eigenvalue weighted by Crippen LogP contribution is 2.26. The van der Waals surface area contributed by atoms with Gasteiger partial charge in [0.15, 0.2) is 0 Å². The number of pyridine rings is 1. The summed E-state index contributed by atoms with van der Waals surface area (Å²) in [4.78, 5) is 11.3. The van der Waals surface area contributed by atoms with Crippen LogP contribution in [0, 0.1) is 5.82 Å². The van der Waals surface area contributed by atoms with Gasteiger partial charge in [0.2, 0.25) is 11.7 Å². The van der Waals surface area contributed by atoms with Gasteiger partial charge in [-0.05, 0) is 49.1 Å². The number of aromatic nitrogens is 3. The number of piperidine rings is 1. The van der Waals surface area contributed by atoms with Crippen LogP contribution >= 0.6 is 0 Å². The summed E-state index contributed by atoms with van der Waals surface area (Å²) in [5.41, 5.74) is 7.52. The van der Waals surface area contributed by atoms with Crippen LogP contribution in [0.4, 0.5) is 10.2 Å². The fourth-order valence-corrected chi connectivity index (χ4v) is 3.40. The highest BCUT2D eigenvalue weighted by molar-refractivity contribution is 5.56. The van der Waals surface area contributed by atoms with E-state index in [-0.39, 0.29) is 11.7 Å². The first-order valence-corrected chi connectivity index (χ1v) is 9.25. The molecule has 4 rings (SSSR count). The molecule has 1 aliphatic heterocycles. The Bertz CT molecular complexity index is 872. The van der Waals surface area contributed by atoms with Crippen molar-refractivity contribution < 1.29 is 8.91 Å². The Morgan fingerprint density at radius 2 is 1.85 bits per heavy atom. The summed E-state index contributed by atoms with van der Waals surface area (Å²) < 4.78 is 18.6. The average Bonchev–Trinajstić information content (AvgIpc) is 3.21. The maximum atomic E-state index is 13.2. The summed E-state index contributed by atoms with van der Waals surface area (Å²) in [5.74, 6) is 1.31. The molecule has 27 heavy (non-hydrogen) atoms. The molecule has 1 unspecified atom stereocenters. The van der Waals surface area contributed by atoms with Crippen molar-refractivity contribution in [2.45, 2.75) is 25.2 Å². The maximum absolute atomic E-state index is 13.2. The van der Waals surface area contributed by atoms with Crippen LogP contribution in [-0.4, -0.2) is 34.8 Å². The van der Waals surface area contributed by atoms with Gasteiger partial charge in [0.25, 0.3) is 0 Å². The molecule has 0 aliphatic carbocycles. The molecule has 1 saturated heterocycles. The van der Waals surface area contributed by atoms with Crippen LogP contribution in [-0.2, 0) is 0 Å². The van der Waals surface area contributed by atoms with Crippen molar-refractivity contribution in [1.82, 2.24) is 15.1 Å². The Labute approximate surface area is 157 Å². The van der Waals surface area contributed by atoms with E-state index in [1.807, 2.05) is 12.1 Å². The first kappa shape index (κ1) is 17.6. The second-order valence-corrected chi connectivity index (χ2v) is 6.75. The number of anilines is 1. The predicted molar refractivity (Wildman–Crippen MR) is 101 cm³/mol. The fraction of sp³-hybridized carbons (Fsp3) is 0.350. The van der Waals surface area contributed by atoms with E-state index < -0.39 is 0 Å². The Morgan fingerprint density at radius 3 is 2.52 bits per heavy atom. The second kappa shape index (κ2) is 7.84. The summed E-state index contributed by atoms with van der Waals surface area (Å²) >= 11 is 0. The second-order valence-electron chi connectivity index (χ2n) is 6.75. The van der Waals surface area contributed by atoms with Gasteiger partial charge in [0.05, 0.1) is 5.92 Å². The van der Waals surface area contributed by atoms with Crippen LogP contribution in [0.5, 0.6) is 0 Å². The lowest BCUT2D eigenvalue weighted by atomic mass is 9.99. The first-order valence-electron chi connectivity index (χ1n) is 9.25. The quantitative estimate of drug-likeness (QED) is 0.745. The van der Waals surface area contributed by atoms with Crippen LogP contribution in [0.25, 0.3) is 11.4 Å². The van der Waals surface area contributed by atoms with E-state index in [2.05, 4.69) is 20.0 Å². The SMILES string of the molecule is NCC(c1ccc(F)cc1)c1nc(-c2ccc(N3CCCCC3)nc2)no1. The molecule has 140 valence electrons. The molecule has 0 saturated carbocycles. The third-order valence-corrected chi connectivity index (χ3v) is 4.93. The molecule has 2 aromatic heterocycles. The van der Waals surface area contributed by atoms with Gasteiger partial charge in [-0.1, -0.05) is 17.3 Å². The van der Waals surface area contributed by atoms with E-state index >= 15 is 0 Å². The lowest BCUT2D eigenvalue weighted by Gasteiger charge is -2.27. The number of halogens is 1. The van der Waals surface area contributed by atoms with E-state index in [0.717, 1.165) is 30.0 Å². The van der Waals surface area contributed by atoms with E-state index in [1.165, 1.54) is 31.4 Å². The molecule has 1 aromatic carbocycles. The van der Waals surface area contributed by atoms with E-state index in [1.54, 1.807) is 18.3 Å². The largest absolute Gasteiger partial charge is 0.357 e. The zero-order valence-corrected chi connectivity index (χ0v) is 15.0. The summed E-state index contributed by atoms with van der Waals surface area (Å²) in [6.45, 7) is 2.39. The molecule has 3 aromatic rings. The van der Waals surface area contributed by atoms with Crippen LogP contribution in [0.2, 0.25) is 0 Å². The highest BCUT2D eigenvalue weighted by Gasteiger charge is 2.21. The first-order chi connectivity index (χ1) is 13.2. The molecule has 0 radical (unpaired) electrons. The minimum atomic E-state index is -0.291. The van der Waals surface area contributed by atoms with Gasteiger partial charge in [0, 0.05) is 31.4 Å². The van der Waals surface area contributed by atoms with Gasteiger partial charge < -0.3 is 15.2 Å². The van der Waals surface area contributed by atoms with Crippen LogP contribution in [0.1, 0.15) is 36.6 Å². The molecule has 2 N–H and O–H groups in total. The molecular formula is C20H22FN5O. The zero-order valence-electron chi connectivity index (χ0n) is 15.0. The summed E-state index contributed by atoms with van der Waals surface area (Å²) in [5, 5.41) is 4.07. The third-order valence-electron chi connectivity index (χ3n) is 4.93. The van der Waals surface area contributed by atoms with Crippen LogP contribution in [0.15, 0.2) is 47.1 Å². The summed E-state index contributed by atoms with van der Waals surface area (Å²) in [7, 11) is 0. The number of benzene rings is 1. The fourth-order valence-electron chi connectivity index (χ4n) is 3.40. The lowest BCUT2D eigenvalue weighted by Crippen LogP contribution is -2.29. The minimum absolute atomic E-state index is 0.271. The standard InChI is InChI=1S/C20H22FN5O/c21-16-7-4-14(5-8-16)17(12-22)20-24-19(25-27-20)15-6-9-18(23-13-15)26-10-2-1-3-11-26/h4-9,13,17H,1-3,10-12,22H2. The number of hydrogen-bond acceptors (Lipinski definition) is 6. The van der Waals surface area contributed by atoms with Crippen molar-refractivity contribution in [1.29, 1.82) is 0 Å². The minimum Gasteiger partial charge on any atom is -0.357 e. The van der Waals surface area contributed by atoms with Crippen LogP contribution in [0.3, 0.4) is 0 Å². The summed E-state index contributed by atoms with van der Waals surface area (Å²) in [6, 6.07) is 10.1. The van der Waals surface area contributed by atoms with Crippen molar-refractivity contribution >= 4 is 5.82 Å². The van der Waals surface area contributed by atoms with Crippen LogP contribution < -0.4 is 10.6 Å². The highest BCUT2D eigenvalue weighted by atomic mass is 19.1. The van der Waals surface area contributed by atoms with Crippen molar-refractivity contribution in [3.05, 3.63) is 59.9 Å². The monoisotopic (exact) mass is 367 g/mol. The van der Waals surface area contributed by atoms with Gasteiger partial charge in [-0.15, -0.1) is 0 Å². The van der Waals surface area contributed by atoms with Crippen molar-refractivity contribution in [3.8, 4) is 11.4 Å². The summed E-state index contributed by atoms with van der Waals surface area (Å²) in [6.07, 6.45) is 5.48. The number of nitrogens with two attached hydrogens (primary N) is 1. The molecule has 1 fully saturated rings. The Balaban J connectivity index is 1.53. The van der Waals surface area contributed by atoms with Gasteiger partial charge in [-0.3, -0.25) is 0 Å². The van der Waals surface area contributed by atoms with Gasteiger partial charge >= 0.3 is 0 Å². The Morgan fingerprint density at radius 1 is 1.07 bits per heavy atom. The molecule has 1 atom stereocenters. The molecule has 7 heteroatoms. The lowest BCUT2D eigenvalue weighted by molar-refractivity contribution is 0.367. The maximum Gasteiger partial charge on any atom is 0.235 e. The number of nitrogens with zero attached hydrogens (tertiary/aromatic N) is 4. The molecule has 6 nitrogen and oxygen atoms in total. The molecule has 0 bridgehead atoms. The smallest absolute Gasteiger partial charge is 0.235 e. The van der Waals surface area contributed by atoms with E-state index in [9.17, 15) is 4.39 Å². The van der Waals surface area contributed by atoms with Gasteiger partial charge in [0.1, 0.15) is 11.6 Å². The van der Waals surface area contributed by atoms with Crippen molar-refractivity contribution in [2.75, 3.05) is 24.5 Å². The Kier molecular flexibility index (Phi) is 5.11. The molecule has 0 spiro atoms. The normalized spacial score (nSPS) is 15.7. The molecule has 3 heterocycles. The van der Waals surface area contributed by atoms with Crippen molar-refractivity contribution in [2.24, 2.45) is 5.73 Å². The predicted octanol–water partition coefficient (Wildman–Crippen LogP) is 3.35.